The van der Waals surface area contributed by atoms with Crippen LogP contribution < -0.4 is 10.0 Å². The van der Waals surface area contributed by atoms with Gasteiger partial charge in [0.05, 0.1) is 4.90 Å². The minimum absolute atomic E-state index is 0.112. The second kappa shape index (κ2) is 6.91. The predicted molar refractivity (Wildman–Crippen MR) is 85.3 cm³/mol. The number of sulfonamides is 1. The molecule has 2 aromatic carbocycles. The molecule has 0 aliphatic carbocycles. The number of carbonyl (C=O) groups excluding carboxylic acids is 1. The van der Waals surface area contributed by atoms with E-state index in [0.29, 0.717) is 17.1 Å². The summed E-state index contributed by atoms with van der Waals surface area (Å²) in [5.74, 6) is -0.284. The van der Waals surface area contributed by atoms with Gasteiger partial charge >= 0.3 is 0 Å². The van der Waals surface area contributed by atoms with Gasteiger partial charge in [-0.25, -0.2) is 13.1 Å². The smallest absolute Gasteiger partial charge is 0.251 e. The van der Waals surface area contributed by atoms with Gasteiger partial charge in [0.1, 0.15) is 0 Å². The third kappa shape index (κ3) is 4.07. The average molecular weight is 339 g/mol. The molecule has 1 amide bonds. The topological polar surface area (TPSA) is 75.3 Å². The molecule has 0 unspecified atom stereocenters. The molecule has 7 heteroatoms. The van der Waals surface area contributed by atoms with Crippen molar-refractivity contribution in [1.29, 1.82) is 0 Å². The zero-order chi connectivity index (χ0) is 16.2. The van der Waals surface area contributed by atoms with Crippen molar-refractivity contribution in [2.75, 3.05) is 7.05 Å². The maximum Gasteiger partial charge on any atom is 0.251 e. The van der Waals surface area contributed by atoms with E-state index in [2.05, 4.69) is 10.0 Å². The molecule has 0 saturated heterocycles. The van der Waals surface area contributed by atoms with Crippen LogP contribution in [0.25, 0.3) is 0 Å². The Morgan fingerprint density at radius 2 is 1.82 bits per heavy atom. The van der Waals surface area contributed by atoms with Gasteiger partial charge in [-0.3, -0.25) is 4.79 Å². The molecular weight excluding hydrogens is 324 g/mol. The van der Waals surface area contributed by atoms with E-state index in [1.54, 1.807) is 18.2 Å². The highest BCUT2D eigenvalue weighted by atomic mass is 35.5. The summed E-state index contributed by atoms with van der Waals surface area (Å²) in [6.07, 6.45) is 0. The van der Waals surface area contributed by atoms with Crippen LogP contribution in [0.5, 0.6) is 0 Å². The van der Waals surface area contributed by atoms with Crippen LogP contribution in [0.2, 0.25) is 5.02 Å². The zero-order valence-corrected chi connectivity index (χ0v) is 13.4. The molecule has 0 spiro atoms. The van der Waals surface area contributed by atoms with Crippen LogP contribution >= 0.6 is 11.6 Å². The standard InChI is InChI=1S/C15H15ClN2O3S/c1-17-22(20,21)14-7-5-12(6-8-14)15(19)18-10-11-3-2-4-13(16)9-11/h2-9,17H,10H2,1H3,(H,18,19). The van der Waals surface area contributed by atoms with Gasteiger partial charge in [-0.2, -0.15) is 0 Å². The fourth-order valence-electron chi connectivity index (χ4n) is 1.83. The lowest BCUT2D eigenvalue weighted by molar-refractivity contribution is 0.0951. The van der Waals surface area contributed by atoms with Crippen molar-refractivity contribution in [2.24, 2.45) is 0 Å². The second-order valence-electron chi connectivity index (χ2n) is 4.54. The van der Waals surface area contributed by atoms with Crippen LogP contribution in [0.3, 0.4) is 0 Å². The lowest BCUT2D eigenvalue weighted by Gasteiger charge is -2.07. The maximum atomic E-state index is 12.0. The molecule has 0 aromatic heterocycles. The lowest BCUT2D eigenvalue weighted by Crippen LogP contribution is -2.23. The van der Waals surface area contributed by atoms with Crippen molar-refractivity contribution in [3.8, 4) is 0 Å². The largest absolute Gasteiger partial charge is 0.348 e. The molecule has 0 radical (unpaired) electrons. The Labute approximate surface area is 134 Å². The minimum atomic E-state index is -3.50. The van der Waals surface area contributed by atoms with Gasteiger partial charge in [-0.1, -0.05) is 23.7 Å². The van der Waals surface area contributed by atoms with Crippen molar-refractivity contribution in [3.63, 3.8) is 0 Å². The molecule has 2 aromatic rings. The average Bonchev–Trinajstić information content (AvgIpc) is 2.53. The summed E-state index contributed by atoms with van der Waals surface area (Å²) in [5, 5.41) is 3.36. The van der Waals surface area contributed by atoms with E-state index in [0.717, 1.165) is 5.56 Å². The quantitative estimate of drug-likeness (QED) is 0.877. The van der Waals surface area contributed by atoms with Crippen molar-refractivity contribution in [1.82, 2.24) is 10.0 Å². The number of halogens is 1. The first-order chi connectivity index (χ1) is 10.4. The van der Waals surface area contributed by atoms with Gasteiger partial charge in [0.15, 0.2) is 0 Å². The molecular formula is C15H15ClN2O3S. The van der Waals surface area contributed by atoms with E-state index in [9.17, 15) is 13.2 Å². The van der Waals surface area contributed by atoms with Gasteiger partial charge in [0, 0.05) is 17.1 Å². The highest BCUT2D eigenvalue weighted by Crippen LogP contribution is 2.12. The molecule has 22 heavy (non-hydrogen) atoms. The van der Waals surface area contributed by atoms with Crippen LogP contribution in [-0.2, 0) is 16.6 Å². The molecule has 0 aliphatic heterocycles. The van der Waals surface area contributed by atoms with Crippen LogP contribution in [0.15, 0.2) is 53.4 Å². The molecule has 2 N–H and O–H groups in total. The van der Waals surface area contributed by atoms with Crippen molar-refractivity contribution >= 4 is 27.5 Å². The van der Waals surface area contributed by atoms with E-state index in [1.165, 1.54) is 31.3 Å². The first-order valence-electron chi connectivity index (χ1n) is 6.48. The Kier molecular flexibility index (Phi) is 5.18. The van der Waals surface area contributed by atoms with Gasteiger partial charge in [-0.05, 0) is 49.0 Å². The first kappa shape index (κ1) is 16.5. The van der Waals surface area contributed by atoms with Crippen molar-refractivity contribution < 1.29 is 13.2 Å². The maximum absolute atomic E-state index is 12.0. The number of hydrogen-bond acceptors (Lipinski definition) is 3. The lowest BCUT2D eigenvalue weighted by atomic mass is 10.2. The fourth-order valence-corrected chi connectivity index (χ4v) is 2.78. The molecule has 0 heterocycles. The third-order valence-corrected chi connectivity index (χ3v) is 4.70. The Hall–Kier alpha value is -1.89. The van der Waals surface area contributed by atoms with Crippen molar-refractivity contribution in [2.45, 2.75) is 11.4 Å². The second-order valence-corrected chi connectivity index (χ2v) is 6.87. The molecule has 116 valence electrons. The zero-order valence-electron chi connectivity index (χ0n) is 11.8. The summed E-state index contributed by atoms with van der Waals surface area (Å²) >= 11 is 5.88. The number of amides is 1. The molecule has 0 saturated carbocycles. The molecule has 0 fully saturated rings. The van der Waals surface area contributed by atoms with Crippen molar-refractivity contribution in [3.05, 3.63) is 64.7 Å². The summed E-state index contributed by atoms with van der Waals surface area (Å²) in [6.45, 7) is 0.343. The Bertz CT molecular complexity index is 774. The summed E-state index contributed by atoms with van der Waals surface area (Å²) in [5.41, 5.74) is 1.27. The number of nitrogens with one attached hydrogen (secondary N) is 2. The molecule has 2 rings (SSSR count). The van der Waals surface area contributed by atoms with Gasteiger partial charge in [0.2, 0.25) is 10.0 Å². The first-order valence-corrected chi connectivity index (χ1v) is 8.35. The van der Waals surface area contributed by atoms with Gasteiger partial charge in [0.25, 0.3) is 5.91 Å². The number of benzene rings is 2. The van der Waals surface area contributed by atoms with Gasteiger partial charge < -0.3 is 5.32 Å². The summed E-state index contributed by atoms with van der Waals surface area (Å²) in [6, 6.07) is 12.9. The minimum Gasteiger partial charge on any atom is -0.348 e. The number of rotatable bonds is 5. The van der Waals surface area contributed by atoms with E-state index in [1.807, 2.05) is 6.07 Å². The number of carbonyl (C=O) groups is 1. The summed E-state index contributed by atoms with van der Waals surface area (Å²) in [7, 11) is -2.16. The van der Waals surface area contributed by atoms with Gasteiger partial charge in [-0.15, -0.1) is 0 Å². The van der Waals surface area contributed by atoms with Crippen LogP contribution in [0.4, 0.5) is 0 Å². The monoisotopic (exact) mass is 338 g/mol. The van der Waals surface area contributed by atoms with E-state index in [-0.39, 0.29) is 10.8 Å². The highest BCUT2D eigenvalue weighted by molar-refractivity contribution is 7.89. The molecule has 0 atom stereocenters. The predicted octanol–water partition coefficient (Wildman–Crippen LogP) is 2.18. The SMILES string of the molecule is CNS(=O)(=O)c1ccc(C(=O)NCc2cccc(Cl)c2)cc1. The normalized spacial score (nSPS) is 11.2. The molecule has 0 bridgehead atoms. The third-order valence-electron chi connectivity index (χ3n) is 3.04. The Morgan fingerprint density at radius 3 is 2.41 bits per heavy atom. The fraction of sp³-hybridized carbons (Fsp3) is 0.133. The Balaban J connectivity index is 2.04. The highest BCUT2D eigenvalue weighted by Gasteiger charge is 2.12. The summed E-state index contributed by atoms with van der Waals surface area (Å²) < 4.78 is 25.4. The number of hydrogen-bond donors (Lipinski definition) is 2. The van der Waals surface area contributed by atoms with Crippen LogP contribution in [0.1, 0.15) is 15.9 Å². The van der Waals surface area contributed by atoms with Crippen LogP contribution in [-0.4, -0.2) is 21.4 Å². The van der Waals surface area contributed by atoms with E-state index < -0.39 is 10.0 Å². The molecule has 0 aliphatic rings. The summed E-state index contributed by atoms with van der Waals surface area (Å²) in [4.78, 5) is 12.1. The van der Waals surface area contributed by atoms with E-state index >= 15 is 0 Å². The van der Waals surface area contributed by atoms with E-state index in [4.69, 9.17) is 11.6 Å². The Morgan fingerprint density at radius 1 is 1.14 bits per heavy atom. The van der Waals surface area contributed by atoms with Crippen LogP contribution in [0, 0.1) is 0 Å². The molecule has 5 nitrogen and oxygen atoms in total.